The number of aromatic nitrogens is 1. The van der Waals surface area contributed by atoms with E-state index in [1.54, 1.807) is 0 Å². The number of rotatable bonds is 4. The van der Waals surface area contributed by atoms with Gasteiger partial charge in [0.2, 0.25) is 0 Å². The molecule has 0 saturated heterocycles. The van der Waals surface area contributed by atoms with Crippen LogP contribution in [0.4, 0.5) is 0 Å². The molecule has 2 rings (SSSR count). The van der Waals surface area contributed by atoms with E-state index < -0.39 is 5.97 Å². The van der Waals surface area contributed by atoms with Crippen molar-refractivity contribution in [2.75, 3.05) is 0 Å². The molecule has 0 radical (unpaired) electrons. The molecule has 2 aromatic rings. The van der Waals surface area contributed by atoms with Gasteiger partial charge in [0.15, 0.2) is 0 Å². The second kappa shape index (κ2) is 4.80. The van der Waals surface area contributed by atoms with Crippen molar-refractivity contribution < 1.29 is 9.90 Å². The number of carbonyl (C=O) groups is 1. The van der Waals surface area contributed by atoms with Crippen LogP contribution in [0.1, 0.15) is 25.8 Å². The maximum atomic E-state index is 10.6. The predicted molar refractivity (Wildman–Crippen MR) is 68.5 cm³/mol. The number of aliphatic carboxylic acids is 1. The Morgan fingerprint density at radius 2 is 2.24 bits per heavy atom. The molecule has 17 heavy (non-hydrogen) atoms. The molecule has 0 aliphatic rings. The highest BCUT2D eigenvalue weighted by Gasteiger charge is 2.11. The Hall–Kier alpha value is -1.48. The molecule has 1 N–H and O–H groups in total. The summed E-state index contributed by atoms with van der Waals surface area (Å²) in [5.41, 5.74) is 1.05. The van der Waals surface area contributed by atoms with E-state index in [0.29, 0.717) is 6.42 Å². The molecule has 0 aliphatic carbocycles. The highest BCUT2D eigenvalue weighted by molar-refractivity contribution is 6.35. The van der Waals surface area contributed by atoms with Crippen molar-refractivity contribution >= 4 is 28.5 Å². The van der Waals surface area contributed by atoms with E-state index in [1.807, 2.05) is 37.4 Å². The fraction of sp³-hybridized carbons (Fsp3) is 0.308. The lowest BCUT2D eigenvalue weighted by atomic mass is 10.1. The molecule has 0 bridgehead atoms. The summed E-state index contributed by atoms with van der Waals surface area (Å²) in [5.74, 6) is -0.758. The molecule has 0 spiro atoms. The number of hydrogen-bond acceptors (Lipinski definition) is 1. The molecule has 1 aromatic heterocycles. The Balaban J connectivity index is 2.29. The molecule has 1 unspecified atom stereocenters. The van der Waals surface area contributed by atoms with Gasteiger partial charge in [0.25, 0.3) is 0 Å². The first-order chi connectivity index (χ1) is 8.09. The van der Waals surface area contributed by atoms with Crippen molar-refractivity contribution in [3.8, 4) is 0 Å². The summed E-state index contributed by atoms with van der Waals surface area (Å²) in [6, 6.07) is 7.89. The Kier molecular flexibility index (Phi) is 3.38. The largest absolute Gasteiger partial charge is 0.481 e. The number of halogens is 1. The summed E-state index contributed by atoms with van der Waals surface area (Å²) in [6.07, 6.45) is 2.76. The van der Waals surface area contributed by atoms with Gasteiger partial charge >= 0.3 is 5.97 Å². The van der Waals surface area contributed by atoms with E-state index in [4.69, 9.17) is 16.7 Å². The van der Waals surface area contributed by atoms with Crippen LogP contribution in [0.15, 0.2) is 30.5 Å². The van der Waals surface area contributed by atoms with Gasteiger partial charge in [0, 0.05) is 34.6 Å². The summed E-state index contributed by atoms with van der Waals surface area (Å²) >= 11 is 6.10. The molecule has 0 amide bonds. The average Bonchev–Trinajstić information content (AvgIpc) is 2.71. The van der Waals surface area contributed by atoms with Crippen molar-refractivity contribution in [2.45, 2.75) is 25.8 Å². The van der Waals surface area contributed by atoms with Crippen LogP contribution in [0, 0.1) is 0 Å². The molecule has 0 aliphatic heterocycles. The van der Waals surface area contributed by atoms with Crippen molar-refractivity contribution in [3.63, 3.8) is 0 Å². The molecule has 0 saturated carbocycles. The fourth-order valence-electron chi connectivity index (χ4n) is 2.01. The number of carboxylic acid groups (broad SMARTS) is 1. The van der Waals surface area contributed by atoms with Crippen LogP contribution in [0.25, 0.3) is 10.9 Å². The number of benzene rings is 1. The summed E-state index contributed by atoms with van der Waals surface area (Å²) in [5, 5.41) is 10.4. The van der Waals surface area contributed by atoms with E-state index >= 15 is 0 Å². The molecule has 90 valence electrons. The molecule has 1 atom stereocenters. The maximum Gasteiger partial charge on any atom is 0.303 e. The van der Waals surface area contributed by atoms with Crippen LogP contribution in [0.5, 0.6) is 0 Å². The van der Waals surface area contributed by atoms with Gasteiger partial charge in [-0.15, -0.1) is 0 Å². The molecule has 1 aromatic carbocycles. The van der Waals surface area contributed by atoms with E-state index in [9.17, 15) is 4.79 Å². The second-order valence-electron chi connectivity index (χ2n) is 4.18. The molecular formula is C13H14ClNO2. The van der Waals surface area contributed by atoms with E-state index in [1.165, 1.54) is 0 Å². The van der Waals surface area contributed by atoms with Gasteiger partial charge in [-0.05, 0) is 31.5 Å². The quantitative estimate of drug-likeness (QED) is 0.900. The minimum absolute atomic E-state index is 0.155. The number of nitrogens with zero attached hydrogens (tertiary/aromatic N) is 1. The van der Waals surface area contributed by atoms with Crippen molar-refractivity contribution in [1.82, 2.24) is 4.57 Å². The van der Waals surface area contributed by atoms with E-state index in [0.717, 1.165) is 15.9 Å². The number of hydrogen-bond donors (Lipinski definition) is 1. The van der Waals surface area contributed by atoms with Crippen LogP contribution in [0.2, 0.25) is 5.02 Å². The topological polar surface area (TPSA) is 42.2 Å². The standard InChI is InChI=1S/C13H14ClNO2/c1-9(5-6-13(16)17)15-8-7-10-11(14)3-2-4-12(10)15/h2-4,7-9H,5-6H2,1H3,(H,16,17). The predicted octanol–water partition coefficient (Wildman–Crippen LogP) is 3.72. The van der Waals surface area contributed by atoms with Gasteiger partial charge in [-0.3, -0.25) is 4.79 Å². The van der Waals surface area contributed by atoms with Gasteiger partial charge in [-0.2, -0.15) is 0 Å². The third-order valence-electron chi connectivity index (χ3n) is 2.96. The molecule has 4 heteroatoms. The Bertz CT molecular complexity index is 547. The zero-order valence-electron chi connectivity index (χ0n) is 9.56. The third kappa shape index (κ3) is 2.44. The summed E-state index contributed by atoms with van der Waals surface area (Å²) in [4.78, 5) is 10.6. The first-order valence-electron chi connectivity index (χ1n) is 5.56. The fourth-order valence-corrected chi connectivity index (χ4v) is 2.24. The lowest BCUT2D eigenvalue weighted by Crippen LogP contribution is -2.06. The van der Waals surface area contributed by atoms with Crippen LogP contribution in [0.3, 0.4) is 0 Å². The Labute approximate surface area is 105 Å². The summed E-state index contributed by atoms with van der Waals surface area (Å²) in [7, 11) is 0. The first-order valence-corrected chi connectivity index (χ1v) is 5.94. The van der Waals surface area contributed by atoms with Gasteiger partial charge in [-0.1, -0.05) is 17.7 Å². The maximum absolute atomic E-state index is 10.6. The summed E-state index contributed by atoms with van der Waals surface area (Å²) < 4.78 is 2.07. The average molecular weight is 252 g/mol. The lowest BCUT2D eigenvalue weighted by Gasteiger charge is -2.14. The highest BCUT2D eigenvalue weighted by Crippen LogP contribution is 2.27. The van der Waals surface area contributed by atoms with Crippen molar-refractivity contribution in [3.05, 3.63) is 35.5 Å². The van der Waals surface area contributed by atoms with Gasteiger partial charge < -0.3 is 9.67 Å². The van der Waals surface area contributed by atoms with Crippen LogP contribution >= 0.6 is 11.6 Å². The molecule has 1 heterocycles. The van der Waals surface area contributed by atoms with Gasteiger partial charge in [0.05, 0.1) is 0 Å². The third-order valence-corrected chi connectivity index (χ3v) is 3.29. The normalized spacial score (nSPS) is 12.8. The number of carboxylic acids is 1. The molecule has 0 fully saturated rings. The minimum Gasteiger partial charge on any atom is -0.481 e. The van der Waals surface area contributed by atoms with Gasteiger partial charge in [-0.25, -0.2) is 0 Å². The lowest BCUT2D eigenvalue weighted by molar-refractivity contribution is -0.137. The summed E-state index contributed by atoms with van der Waals surface area (Å²) in [6.45, 7) is 2.02. The zero-order valence-corrected chi connectivity index (χ0v) is 10.3. The van der Waals surface area contributed by atoms with Crippen LogP contribution in [-0.4, -0.2) is 15.6 Å². The Morgan fingerprint density at radius 1 is 1.47 bits per heavy atom. The number of fused-ring (bicyclic) bond motifs is 1. The Morgan fingerprint density at radius 3 is 2.94 bits per heavy atom. The van der Waals surface area contributed by atoms with Crippen molar-refractivity contribution in [2.24, 2.45) is 0 Å². The highest BCUT2D eigenvalue weighted by atomic mass is 35.5. The first kappa shape index (κ1) is 12.0. The van der Waals surface area contributed by atoms with E-state index in [2.05, 4.69) is 4.57 Å². The monoisotopic (exact) mass is 251 g/mol. The molecule has 3 nitrogen and oxygen atoms in total. The molecular weight excluding hydrogens is 238 g/mol. The van der Waals surface area contributed by atoms with Crippen molar-refractivity contribution in [1.29, 1.82) is 0 Å². The smallest absolute Gasteiger partial charge is 0.303 e. The van der Waals surface area contributed by atoms with E-state index in [-0.39, 0.29) is 12.5 Å². The van der Waals surface area contributed by atoms with Gasteiger partial charge in [0.1, 0.15) is 0 Å². The second-order valence-corrected chi connectivity index (χ2v) is 4.58. The zero-order chi connectivity index (χ0) is 12.4. The SMILES string of the molecule is CC(CCC(=O)O)n1ccc2c(Cl)cccc21. The van der Waals surface area contributed by atoms with Crippen LogP contribution < -0.4 is 0 Å². The van der Waals surface area contributed by atoms with Crippen LogP contribution in [-0.2, 0) is 4.79 Å². The minimum atomic E-state index is -0.758.